The lowest BCUT2D eigenvalue weighted by molar-refractivity contribution is -0.384. The minimum Gasteiger partial charge on any atom is -0.364 e. The lowest BCUT2D eigenvalue weighted by Gasteiger charge is -2.24. The van der Waals surface area contributed by atoms with Crippen LogP contribution in [0.5, 0.6) is 0 Å². The number of nitrogens with zero attached hydrogens (tertiary/aromatic N) is 5. The Morgan fingerprint density at radius 1 is 1.28 bits per heavy atom. The first-order valence-electron chi connectivity index (χ1n) is 12.0. The van der Waals surface area contributed by atoms with Crippen LogP contribution in [0.4, 0.5) is 11.5 Å². The second-order valence-electron chi connectivity index (χ2n) is 9.66. The van der Waals surface area contributed by atoms with Crippen LogP contribution in [-0.4, -0.2) is 54.5 Å². The summed E-state index contributed by atoms with van der Waals surface area (Å²) in [6.07, 6.45) is 6.22. The Kier molecular flexibility index (Phi) is 6.27. The van der Waals surface area contributed by atoms with Crippen LogP contribution in [-0.2, 0) is 16.0 Å². The van der Waals surface area contributed by atoms with Gasteiger partial charge in [0.15, 0.2) is 5.79 Å². The normalized spacial score (nSPS) is 24.4. The molecule has 0 radical (unpaired) electrons. The lowest BCUT2D eigenvalue weighted by Crippen LogP contribution is -2.35. The summed E-state index contributed by atoms with van der Waals surface area (Å²) in [5, 5.41) is 18.9. The molecule has 0 spiro atoms. The maximum atomic E-state index is 13.4. The molecule has 1 saturated carbocycles. The number of rotatable bonds is 8. The van der Waals surface area contributed by atoms with E-state index in [1.165, 1.54) is 24.7 Å². The van der Waals surface area contributed by atoms with Crippen LogP contribution < -0.4 is 5.32 Å². The summed E-state index contributed by atoms with van der Waals surface area (Å²) in [5.74, 6) is -0.197. The van der Waals surface area contributed by atoms with Crippen molar-refractivity contribution >= 4 is 17.3 Å². The highest BCUT2D eigenvalue weighted by Crippen LogP contribution is 2.43. The van der Waals surface area contributed by atoms with Crippen molar-refractivity contribution < 1.29 is 19.2 Å². The molecule has 0 bridgehead atoms. The van der Waals surface area contributed by atoms with E-state index in [1.54, 1.807) is 29.1 Å². The van der Waals surface area contributed by atoms with Gasteiger partial charge in [0, 0.05) is 24.5 Å². The van der Waals surface area contributed by atoms with Gasteiger partial charge in [-0.1, -0.05) is 25.5 Å². The summed E-state index contributed by atoms with van der Waals surface area (Å²) in [6, 6.07) is 7.88. The highest BCUT2D eigenvalue weighted by Gasteiger charge is 2.53. The first kappa shape index (κ1) is 24.0. The Hall–Kier alpha value is -3.70. The molecule has 4 atom stereocenters. The summed E-state index contributed by atoms with van der Waals surface area (Å²) >= 11 is 0. The van der Waals surface area contributed by atoms with Crippen molar-refractivity contribution in [3.05, 3.63) is 76.0 Å². The third-order valence-corrected chi connectivity index (χ3v) is 6.72. The SMILES string of the molecule is CC[C@H]1C[C@@H](Nc2ncncc2C(=O)c2ccn(Cc3cccc([N+](=O)[O-])c3)n2)[C@@H]2OC(C)(C)O[C@H]12. The standard InChI is InChI=1S/C25H28N6O5/c1-4-16-11-20(23-22(16)35-25(2,3)36-23)28-24-18(12-26-14-27-24)21(32)19-8-9-30(29-19)13-15-6-5-7-17(10-15)31(33)34/h5-10,12,14,16,20,22-23H,4,11,13H2,1-3H3,(H,26,27,28)/t16-,20+,22+,23-/m0/s1. The first-order chi connectivity index (χ1) is 17.2. The van der Waals surface area contributed by atoms with Crippen molar-refractivity contribution in [1.29, 1.82) is 0 Å². The van der Waals surface area contributed by atoms with E-state index in [4.69, 9.17) is 9.47 Å². The molecule has 1 aliphatic carbocycles. The Balaban J connectivity index is 1.34. The molecule has 2 aliphatic rings. The predicted octanol–water partition coefficient (Wildman–Crippen LogP) is 3.59. The number of aromatic nitrogens is 4. The van der Waals surface area contributed by atoms with Gasteiger partial charge in [0.05, 0.1) is 29.2 Å². The Labute approximate surface area is 208 Å². The maximum Gasteiger partial charge on any atom is 0.269 e. The summed E-state index contributed by atoms with van der Waals surface area (Å²) in [7, 11) is 0. The molecule has 1 saturated heterocycles. The minimum absolute atomic E-state index is 0.00648. The molecule has 2 fully saturated rings. The third-order valence-electron chi connectivity index (χ3n) is 6.72. The molecule has 1 aliphatic heterocycles. The number of nitrogens with one attached hydrogen (secondary N) is 1. The average molecular weight is 493 g/mol. The lowest BCUT2D eigenvalue weighted by atomic mass is 10.0. The topological polar surface area (TPSA) is 134 Å². The number of non-ortho nitro benzene ring substituents is 1. The summed E-state index contributed by atoms with van der Waals surface area (Å²) in [6.45, 7) is 6.27. The molecule has 188 valence electrons. The van der Waals surface area contributed by atoms with Crippen LogP contribution in [0.2, 0.25) is 0 Å². The van der Waals surface area contributed by atoms with Gasteiger partial charge in [-0.15, -0.1) is 0 Å². The fourth-order valence-corrected chi connectivity index (χ4v) is 5.08. The zero-order chi connectivity index (χ0) is 25.4. The predicted molar refractivity (Wildman–Crippen MR) is 130 cm³/mol. The fraction of sp³-hybridized carbons (Fsp3) is 0.440. The van der Waals surface area contributed by atoms with Crippen molar-refractivity contribution in [2.75, 3.05) is 5.32 Å². The number of hydrogen-bond acceptors (Lipinski definition) is 9. The summed E-state index contributed by atoms with van der Waals surface area (Å²) in [5.41, 5.74) is 1.26. The van der Waals surface area contributed by atoms with Gasteiger partial charge in [0.25, 0.3) is 5.69 Å². The van der Waals surface area contributed by atoms with Crippen molar-refractivity contribution in [3.63, 3.8) is 0 Å². The van der Waals surface area contributed by atoms with Gasteiger partial charge in [0.2, 0.25) is 5.78 Å². The second-order valence-corrected chi connectivity index (χ2v) is 9.66. The van der Waals surface area contributed by atoms with E-state index in [1.807, 2.05) is 13.8 Å². The van der Waals surface area contributed by atoms with Gasteiger partial charge in [0.1, 0.15) is 23.9 Å². The van der Waals surface area contributed by atoms with E-state index in [0.717, 1.165) is 12.8 Å². The number of nitro groups is 1. The Morgan fingerprint density at radius 2 is 2.08 bits per heavy atom. The van der Waals surface area contributed by atoms with Crippen LogP contribution in [0.3, 0.4) is 0 Å². The number of fused-ring (bicyclic) bond motifs is 1. The zero-order valence-corrected chi connectivity index (χ0v) is 20.3. The molecule has 11 nitrogen and oxygen atoms in total. The van der Waals surface area contributed by atoms with E-state index in [9.17, 15) is 14.9 Å². The fourth-order valence-electron chi connectivity index (χ4n) is 5.08. The van der Waals surface area contributed by atoms with Crippen LogP contribution in [0.15, 0.2) is 49.1 Å². The molecule has 1 N–H and O–H groups in total. The molecular formula is C25H28N6O5. The maximum absolute atomic E-state index is 13.4. The molecule has 36 heavy (non-hydrogen) atoms. The van der Waals surface area contributed by atoms with Crippen molar-refractivity contribution in [1.82, 2.24) is 19.7 Å². The van der Waals surface area contributed by atoms with E-state index in [0.29, 0.717) is 29.4 Å². The number of anilines is 1. The quantitative estimate of drug-likeness (QED) is 0.284. The highest BCUT2D eigenvalue weighted by atomic mass is 16.8. The van der Waals surface area contributed by atoms with E-state index in [-0.39, 0.29) is 35.4 Å². The second kappa shape index (κ2) is 9.40. The van der Waals surface area contributed by atoms with Crippen LogP contribution in [0, 0.1) is 16.0 Å². The number of carbonyl (C=O) groups excluding carboxylic acids is 1. The molecule has 0 amide bonds. The largest absolute Gasteiger partial charge is 0.364 e. The molecule has 3 aromatic rings. The Bertz CT molecular complexity index is 1290. The summed E-state index contributed by atoms with van der Waals surface area (Å²) < 4.78 is 13.9. The highest BCUT2D eigenvalue weighted by molar-refractivity contribution is 6.10. The molecular weight excluding hydrogens is 464 g/mol. The number of carbonyl (C=O) groups is 1. The smallest absolute Gasteiger partial charge is 0.269 e. The molecule has 3 heterocycles. The van der Waals surface area contributed by atoms with Crippen LogP contribution >= 0.6 is 0 Å². The van der Waals surface area contributed by atoms with Gasteiger partial charge in [-0.05, 0) is 37.8 Å². The van der Waals surface area contributed by atoms with Gasteiger partial charge in [-0.2, -0.15) is 5.10 Å². The first-order valence-corrected chi connectivity index (χ1v) is 12.0. The minimum atomic E-state index is -0.653. The van der Waals surface area contributed by atoms with Crippen LogP contribution in [0.25, 0.3) is 0 Å². The number of ketones is 1. The summed E-state index contributed by atoms with van der Waals surface area (Å²) in [4.78, 5) is 32.4. The number of ether oxygens (including phenoxy) is 2. The molecule has 5 rings (SSSR count). The molecule has 1 aromatic carbocycles. The van der Waals surface area contributed by atoms with Crippen molar-refractivity contribution in [2.24, 2.45) is 5.92 Å². The average Bonchev–Trinajstić information content (AvgIpc) is 3.53. The molecule has 0 unspecified atom stereocenters. The van der Waals surface area contributed by atoms with Gasteiger partial charge >= 0.3 is 0 Å². The van der Waals surface area contributed by atoms with Gasteiger partial charge < -0.3 is 14.8 Å². The van der Waals surface area contributed by atoms with E-state index < -0.39 is 10.7 Å². The van der Waals surface area contributed by atoms with Gasteiger partial charge in [-0.25, -0.2) is 9.97 Å². The van der Waals surface area contributed by atoms with E-state index in [2.05, 4.69) is 27.3 Å². The third kappa shape index (κ3) is 4.71. The number of hydrogen-bond donors (Lipinski definition) is 1. The molecule has 2 aromatic heterocycles. The van der Waals surface area contributed by atoms with Crippen LogP contribution in [0.1, 0.15) is 55.2 Å². The van der Waals surface area contributed by atoms with Gasteiger partial charge in [-0.3, -0.25) is 19.6 Å². The molecule has 11 heteroatoms. The van der Waals surface area contributed by atoms with E-state index >= 15 is 0 Å². The monoisotopic (exact) mass is 492 g/mol. The van der Waals surface area contributed by atoms with Crippen molar-refractivity contribution in [2.45, 2.75) is 64.2 Å². The number of nitro benzene ring substituents is 1. The Morgan fingerprint density at radius 3 is 2.86 bits per heavy atom. The number of benzene rings is 1. The zero-order valence-electron chi connectivity index (χ0n) is 20.3. The van der Waals surface area contributed by atoms with Crippen molar-refractivity contribution in [3.8, 4) is 0 Å².